The molecule has 0 radical (unpaired) electrons. The maximum Gasteiger partial charge on any atom is 0.256 e. The third-order valence-corrected chi connectivity index (χ3v) is 6.47. The first-order chi connectivity index (χ1) is 14.2. The maximum absolute atomic E-state index is 13.3. The second-order valence-electron chi connectivity index (χ2n) is 7.20. The van der Waals surface area contributed by atoms with Gasteiger partial charge in [-0.15, -0.1) is 11.3 Å². The zero-order valence-electron chi connectivity index (χ0n) is 15.6. The molecule has 9 heteroatoms. The first-order valence-electron chi connectivity index (χ1n) is 9.42. The summed E-state index contributed by atoms with van der Waals surface area (Å²) in [5, 5.41) is 9.07. The number of amides is 2. The third-order valence-electron chi connectivity index (χ3n) is 5.10. The van der Waals surface area contributed by atoms with Crippen LogP contribution in [0.25, 0.3) is 0 Å². The molecule has 0 atom stereocenters. The SMILES string of the molecule is O=C1CNc2ncc(C(=O)N(Cc3ccsc3)C3CC3)cc2N1Cc1cscn1. The van der Waals surface area contributed by atoms with Crippen LogP contribution in [0.5, 0.6) is 0 Å². The van der Waals surface area contributed by atoms with Crippen molar-refractivity contribution < 1.29 is 9.59 Å². The minimum Gasteiger partial charge on any atom is -0.359 e. The monoisotopic (exact) mass is 425 g/mol. The van der Waals surface area contributed by atoms with E-state index in [0.29, 0.717) is 30.2 Å². The molecule has 3 aromatic rings. The fourth-order valence-corrected chi connectivity index (χ4v) is 4.66. The second-order valence-corrected chi connectivity index (χ2v) is 8.70. The maximum atomic E-state index is 13.3. The van der Waals surface area contributed by atoms with Crippen LogP contribution in [0.4, 0.5) is 11.5 Å². The lowest BCUT2D eigenvalue weighted by molar-refractivity contribution is -0.117. The van der Waals surface area contributed by atoms with E-state index < -0.39 is 0 Å². The number of thiazole rings is 1. The van der Waals surface area contributed by atoms with Gasteiger partial charge in [0.25, 0.3) is 5.91 Å². The Hall–Kier alpha value is -2.78. The van der Waals surface area contributed by atoms with E-state index in [0.717, 1.165) is 24.1 Å². The van der Waals surface area contributed by atoms with Crippen molar-refractivity contribution in [3.05, 3.63) is 56.8 Å². The molecule has 7 nitrogen and oxygen atoms in total. The van der Waals surface area contributed by atoms with E-state index in [1.165, 1.54) is 11.3 Å². The molecule has 0 aromatic carbocycles. The van der Waals surface area contributed by atoms with Crippen molar-refractivity contribution in [2.75, 3.05) is 16.8 Å². The fourth-order valence-electron chi connectivity index (χ4n) is 3.45. The molecule has 1 fully saturated rings. The second kappa shape index (κ2) is 7.57. The fraction of sp³-hybridized carbons (Fsp3) is 0.300. The molecule has 1 aliphatic carbocycles. The summed E-state index contributed by atoms with van der Waals surface area (Å²) in [6.45, 7) is 1.16. The van der Waals surface area contributed by atoms with Gasteiger partial charge in [-0.1, -0.05) is 0 Å². The Morgan fingerprint density at radius 3 is 2.90 bits per heavy atom. The highest BCUT2D eigenvalue weighted by molar-refractivity contribution is 7.08. The lowest BCUT2D eigenvalue weighted by atomic mass is 10.1. The van der Waals surface area contributed by atoms with Gasteiger partial charge >= 0.3 is 0 Å². The summed E-state index contributed by atoms with van der Waals surface area (Å²) >= 11 is 3.13. The molecule has 4 heterocycles. The third kappa shape index (κ3) is 3.75. The van der Waals surface area contributed by atoms with Crippen molar-refractivity contribution in [3.8, 4) is 0 Å². The van der Waals surface area contributed by atoms with Crippen LogP contribution in [0.2, 0.25) is 0 Å². The number of carbonyl (C=O) groups is 2. The summed E-state index contributed by atoms with van der Waals surface area (Å²) in [6.07, 6.45) is 3.67. The van der Waals surface area contributed by atoms with Crippen LogP contribution >= 0.6 is 22.7 Å². The molecule has 1 aliphatic heterocycles. The van der Waals surface area contributed by atoms with Crippen LogP contribution in [-0.2, 0) is 17.9 Å². The Bertz CT molecular complexity index is 1030. The molecule has 1 N–H and O–H groups in total. The predicted octanol–water partition coefficient (Wildman–Crippen LogP) is 3.36. The van der Waals surface area contributed by atoms with E-state index in [-0.39, 0.29) is 24.4 Å². The lowest BCUT2D eigenvalue weighted by Gasteiger charge is -2.30. The largest absolute Gasteiger partial charge is 0.359 e. The Labute approximate surface area is 176 Å². The molecule has 3 aromatic heterocycles. The van der Waals surface area contributed by atoms with Gasteiger partial charge in [-0.05, 0) is 41.3 Å². The van der Waals surface area contributed by atoms with Gasteiger partial charge in [-0.2, -0.15) is 11.3 Å². The number of thiophene rings is 1. The molecular weight excluding hydrogens is 406 g/mol. The average Bonchev–Trinajstić information content (AvgIpc) is 3.21. The standard InChI is InChI=1S/C20H19N5O2S2/c26-18-7-22-19-17(25(18)9-15-11-29-12-23-15)5-14(6-21-19)20(27)24(16-1-2-16)8-13-3-4-28-10-13/h3-6,10-12,16H,1-2,7-9H2,(H,21,22). The number of aromatic nitrogens is 2. The minimum atomic E-state index is -0.0609. The highest BCUT2D eigenvalue weighted by atomic mass is 32.1. The zero-order chi connectivity index (χ0) is 19.8. The molecule has 5 rings (SSSR count). The number of rotatable bonds is 6. The summed E-state index contributed by atoms with van der Waals surface area (Å²) < 4.78 is 0. The number of hydrogen-bond acceptors (Lipinski definition) is 7. The Morgan fingerprint density at radius 1 is 1.28 bits per heavy atom. The van der Waals surface area contributed by atoms with Crippen LogP contribution in [-0.4, -0.2) is 39.3 Å². The van der Waals surface area contributed by atoms with E-state index in [1.807, 2.05) is 15.7 Å². The number of nitrogens with one attached hydrogen (secondary N) is 1. The highest BCUT2D eigenvalue weighted by Crippen LogP contribution is 2.33. The molecule has 148 valence electrons. The molecule has 29 heavy (non-hydrogen) atoms. The summed E-state index contributed by atoms with van der Waals surface area (Å²) in [6, 6.07) is 4.12. The van der Waals surface area contributed by atoms with Gasteiger partial charge in [0.2, 0.25) is 5.91 Å². The van der Waals surface area contributed by atoms with Crippen LogP contribution in [0.1, 0.15) is 34.5 Å². The van der Waals surface area contributed by atoms with Gasteiger partial charge in [-0.3, -0.25) is 9.59 Å². The van der Waals surface area contributed by atoms with Gasteiger partial charge in [0.15, 0.2) is 5.82 Å². The van der Waals surface area contributed by atoms with Crippen molar-refractivity contribution in [1.29, 1.82) is 0 Å². The number of anilines is 2. The van der Waals surface area contributed by atoms with Crippen LogP contribution < -0.4 is 10.2 Å². The van der Waals surface area contributed by atoms with Gasteiger partial charge in [-0.25, -0.2) is 9.97 Å². The van der Waals surface area contributed by atoms with Crippen LogP contribution in [0.3, 0.4) is 0 Å². The Morgan fingerprint density at radius 2 is 2.17 bits per heavy atom. The summed E-state index contributed by atoms with van der Waals surface area (Å²) in [7, 11) is 0. The lowest BCUT2D eigenvalue weighted by Crippen LogP contribution is -2.40. The first kappa shape index (κ1) is 18.3. The topological polar surface area (TPSA) is 78.4 Å². The van der Waals surface area contributed by atoms with E-state index in [4.69, 9.17) is 0 Å². The van der Waals surface area contributed by atoms with Gasteiger partial charge in [0.1, 0.15) is 0 Å². The smallest absolute Gasteiger partial charge is 0.256 e. The summed E-state index contributed by atoms with van der Waals surface area (Å²) in [5.41, 5.74) is 4.85. The van der Waals surface area contributed by atoms with Crippen molar-refractivity contribution in [1.82, 2.24) is 14.9 Å². The number of pyridine rings is 1. The van der Waals surface area contributed by atoms with E-state index in [1.54, 1.807) is 34.0 Å². The predicted molar refractivity (Wildman–Crippen MR) is 113 cm³/mol. The van der Waals surface area contributed by atoms with Gasteiger partial charge in [0, 0.05) is 24.2 Å². The molecule has 0 spiro atoms. The molecule has 0 bridgehead atoms. The molecule has 2 aliphatic rings. The number of hydrogen-bond donors (Lipinski definition) is 1. The summed E-state index contributed by atoms with van der Waals surface area (Å²) in [5.74, 6) is 0.516. The normalized spacial score (nSPS) is 15.7. The van der Waals surface area contributed by atoms with Gasteiger partial charge < -0.3 is 15.1 Å². The number of carbonyl (C=O) groups excluding carboxylic acids is 2. The highest BCUT2D eigenvalue weighted by Gasteiger charge is 2.34. The van der Waals surface area contributed by atoms with Crippen molar-refractivity contribution in [2.45, 2.75) is 32.0 Å². The van der Waals surface area contributed by atoms with Crippen LogP contribution in [0.15, 0.2) is 40.0 Å². The summed E-state index contributed by atoms with van der Waals surface area (Å²) in [4.78, 5) is 38.2. The van der Waals surface area contributed by atoms with E-state index in [2.05, 4.69) is 26.7 Å². The molecule has 0 unspecified atom stereocenters. The van der Waals surface area contributed by atoms with Crippen molar-refractivity contribution in [2.24, 2.45) is 0 Å². The van der Waals surface area contributed by atoms with Crippen molar-refractivity contribution >= 4 is 46.0 Å². The van der Waals surface area contributed by atoms with Crippen molar-refractivity contribution in [3.63, 3.8) is 0 Å². The number of nitrogens with zero attached hydrogens (tertiary/aromatic N) is 4. The van der Waals surface area contributed by atoms with Crippen LogP contribution in [0, 0.1) is 0 Å². The van der Waals surface area contributed by atoms with Gasteiger partial charge in [0.05, 0.1) is 35.5 Å². The average molecular weight is 426 g/mol. The van der Waals surface area contributed by atoms with E-state index >= 15 is 0 Å². The molecular formula is C20H19N5O2S2. The van der Waals surface area contributed by atoms with E-state index in [9.17, 15) is 9.59 Å². The Balaban J connectivity index is 1.44. The first-order valence-corrected chi connectivity index (χ1v) is 11.3. The molecule has 2 amide bonds. The Kier molecular flexibility index (Phi) is 4.76. The molecule has 0 saturated heterocycles. The quantitative estimate of drug-likeness (QED) is 0.655. The number of fused-ring (bicyclic) bond motifs is 1. The minimum absolute atomic E-state index is 0.0411. The molecule has 1 saturated carbocycles. The zero-order valence-corrected chi connectivity index (χ0v) is 17.2.